The monoisotopic (exact) mass is 300 g/mol. The maximum absolute atomic E-state index is 11.6. The third kappa shape index (κ3) is 4.39. The van der Waals surface area contributed by atoms with Crippen molar-refractivity contribution in [3.63, 3.8) is 0 Å². The van der Waals surface area contributed by atoms with E-state index in [-0.39, 0.29) is 23.0 Å². The first-order chi connectivity index (χ1) is 9.40. The molecule has 1 rings (SSSR count). The van der Waals surface area contributed by atoms with Gasteiger partial charge in [0.05, 0.1) is 12.2 Å². The Morgan fingerprint density at radius 1 is 1.35 bits per heavy atom. The van der Waals surface area contributed by atoms with Gasteiger partial charge in [-0.3, -0.25) is 4.79 Å². The molecule has 1 aromatic carbocycles. The van der Waals surface area contributed by atoms with E-state index < -0.39 is 10.0 Å². The van der Waals surface area contributed by atoms with Gasteiger partial charge < -0.3 is 16.4 Å². The highest BCUT2D eigenvalue weighted by Crippen LogP contribution is 2.21. The lowest BCUT2D eigenvalue weighted by atomic mass is 10.3. The second kappa shape index (κ2) is 7.11. The van der Waals surface area contributed by atoms with Crippen LogP contribution in [-0.2, 0) is 14.8 Å². The summed E-state index contributed by atoms with van der Waals surface area (Å²) in [5, 5.41) is 5.61. The van der Waals surface area contributed by atoms with Crippen LogP contribution in [0.4, 0.5) is 11.4 Å². The number of nitrogen functional groups attached to an aromatic ring is 1. The molecule has 0 heterocycles. The molecule has 0 unspecified atom stereocenters. The molecule has 112 valence electrons. The van der Waals surface area contributed by atoms with Crippen molar-refractivity contribution in [2.75, 3.05) is 31.2 Å². The van der Waals surface area contributed by atoms with E-state index >= 15 is 0 Å². The Balaban J connectivity index is 2.71. The van der Waals surface area contributed by atoms with E-state index in [9.17, 15) is 13.2 Å². The lowest BCUT2D eigenvalue weighted by molar-refractivity contribution is -0.119. The van der Waals surface area contributed by atoms with Crippen LogP contribution in [0.3, 0.4) is 0 Å². The van der Waals surface area contributed by atoms with Crippen LogP contribution in [0.25, 0.3) is 0 Å². The van der Waals surface area contributed by atoms with Crippen molar-refractivity contribution in [2.24, 2.45) is 0 Å². The topological polar surface area (TPSA) is 113 Å². The fourth-order valence-corrected chi connectivity index (χ4v) is 2.36. The lowest BCUT2D eigenvalue weighted by Crippen LogP contribution is -2.30. The Kier molecular flexibility index (Phi) is 5.78. The maximum Gasteiger partial charge on any atom is 0.242 e. The standard InChI is InChI=1S/C12H20N4O3S/c1-3-6-15-12(17)8-16-9-4-5-11(10(13)7-9)20(18,19)14-2/h4-5,7,14,16H,3,6,8,13H2,1-2H3,(H,15,17). The molecular weight excluding hydrogens is 280 g/mol. The number of carbonyl (C=O) groups is 1. The first-order valence-corrected chi connectivity index (χ1v) is 7.72. The summed E-state index contributed by atoms with van der Waals surface area (Å²) < 4.78 is 25.5. The molecule has 0 aliphatic carbocycles. The molecule has 0 radical (unpaired) electrons. The average molecular weight is 300 g/mol. The van der Waals surface area contributed by atoms with Gasteiger partial charge in [0.15, 0.2) is 0 Å². The van der Waals surface area contributed by atoms with Gasteiger partial charge in [0, 0.05) is 12.2 Å². The molecule has 0 saturated heterocycles. The molecule has 0 saturated carbocycles. The van der Waals surface area contributed by atoms with Crippen molar-refractivity contribution < 1.29 is 13.2 Å². The van der Waals surface area contributed by atoms with Crippen molar-refractivity contribution in [3.8, 4) is 0 Å². The Hall–Kier alpha value is -1.80. The predicted molar refractivity (Wildman–Crippen MR) is 78.9 cm³/mol. The third-order valence-corrected chi connectivity index (χ3v) is 4.08. The summed E-state index contributed by atoms with van der Waals surface area (Å²) in [5.41, 5.74) is 6.42. The van der Waals surface area contributed by atoms with Crippen molar-refractivity contribution in [1.29, 1.82) is 0 Å². The third-order valence-electron chi connectivity index (χ3n) is 2.59. The zero-order valence-electron chi connectivity index (χ0n) is 11.6. The lowest BCUT2D eigenvalue weighted by Gasteiger charge is -2.10. The molecule has 0 bridgehead atoms. The second-order valence-electron chi connectivity index (χ2n) is 4.16. The van der Waals surface area contributed by atoms with Crippen LogP contribution in [0.15, 0.2) is 23.1 Å². The fourth-order valence-electron chi connectivity index (χ4n) is 1.52. The zero-order chi connectivity index (χ0) is 15.2. The number of amides is 1. The molecule has 7 nitrogen and oxygen atoms in total. The van der Waals surface area contributed by atoms with Crippen LogP contribution < -0.4 is 21.1 Å². The quantitative estimate of drug-likeness (QED) is 0.534. The largest absolute Gasteiger partial charge is 0.398 e. The summed E-state index contributed by atoms with van der Waals surface area (Å²) in [7, 11) is -2.25. The van der Waals surface area contributed by atoms with Crippen molar-refractivity contribution in [2.45, 2.75) is 18.2 Å². The van der Waals surface area contributed by atoms with Crippen molar-refractivity contribution >= 4 is 27.3 Å². The average Bonchev–Trinajstić information content (AvgIpc) is 2.42. The number of carbonyl (C=O) groups excluding carboxylic acids is 1. The van der Waals surface area contributed by atoms with Crippen LogP contribution in [0.1, 0.15) is 13.3 Å². The number of nitrogens with two attached hydrogens (primary N) is 1. The molecule has 1 aromatic rings. The van der Waals surface area contributed by atoms with Crippen LogP contribution >= 0.6 is 0 Å². The highest BCUT2D eigenvalue weighted by molar-refractivity contribution is 7.89. The van der Waals surface area contributed by atoms with Gasteiger partial charge in [-0.15, -0.1) is 0 Å². The van der Waals surface area contributed by atoms with E-state index in [2.05, 4.69) is 15.4 Å². The minimum absolute atomic E-state index is 0.0148. The highest BCUT2D eigenvalue weighted by Gasteiger charge is 2.15. The van der Waals surface area contributed by atoms with E-state index in [0.29, 0.717) is 12.2 Å². The molecule has 0 aromatic heterocycles. The van der Waals surface area contributed by atoms with Gasteiger partial charge in [-0.25, -0.2) is 13.1 Å². The molecule has 8 heteroatoms. The SMILES string of the molecule is CCCNC(=O)CNc1ccc(S(=O)(=O)NC)c(N)c1. The van der Waals surface area contributed by atoms with Crippen LogP contribution in [0.5, 0.6) is 0 Å². The predicted octanol–water partition coefficient (Wildman–Crippen LogP) is 0.115. The Morgan fingerprint density at radius 2 is 2.05 bits per heavy atom. The van der Waals surface area contributed by atoms with Crippen molar-refractivity contribution in [1.82, 2.24) is 10.0 Å². The maximum atomic E-state index is 11.6. The van der Waals surface area contributed by atoms with E-state index in [1.54, 1.807) is 6.07 Å². The zero-order valence-corrected chi connectivity index (χ0v) is 12.4. The molecule has 0 atom stereocenters. The number of nitrogens with one attached hydrogen (secondary N) is 3. The molecular formula is C12H20N4O3S. The second-order valence-corrected chi connectivity index (χ2v) is 6.02. The van der Waals surface area contributed by atoms with Gasteiger partial charge in [0.2, 0.25) is 15.9 Å². The Morgan fingerprint density at radius 3 is 2.60 bits per heavy atom. The number of rotatable bonds is 7. The highest BCUT2D eigenvalue weighted by atomic mass is 32.2. The van der Waals surface area contributed by atoms with E-state index in [0.717, 1.165) is 6.42 Å². The van der Waals surface area contributed by atoms with Gasteiger partial charge in [-0.05, 0) is 31.7 Å². The van der Waals surface area contributed by atoms with Gasteiger partial charge in [0.25, 0.3) is 0 Å². The molecule has 0 aliphatic heterocycles. The Bertz CT molecular complexity index is 572. The Labute approximate surface area is 119 Å². The molecule has 1 amide bonds. The van der Waals surface area contributed by atoms with E-state index in [4.69, 9.17) is 5.73 Å². The summed E-state index contributed by atoms with van der Waals surface area (Å²) in [4.78, 5) is 11.4. The molecule has 0 aliphatic rings. The summed E-state index contributed by atoms with van der Waals surface area (Å²) in [6.07, 6.45) is 0.870. The van der Waals surface area contributed by atoms with Crippen LogP contribution in [0.2, 0.25) is 0 Å². The summed E-state index contributed by atoms with van der Waals surface area (Å²) >= 11 is 0. The molecule has 0 fully saturated rings. The number of hydrogen-bond acceptors (Lipinski definition) is 5. The van der Waals surface area contributed by atoms with Gasteiger partial charge in [-0.1, -0.05) is 6.92 Å². The summed E-state index contributed by atoms with van der Waals surface area (Å²) in [6, 6.07) is 4.44. The fraction of sp³-hybridized carbons (Fsp3) is 0.417. The number of sulfonamides is 1. The van der Waals surface area contributed by atoms with Gasteiger partial charge in [-0.2, -0.15) is 0 Å². The minimum Gasteiger partial charge on any atom is -0.398 e. The van der Waals surface area contributed by atoms with Crippen molar-refractivity contribution in [3.05, 3.63) is 18.2 Å². The summed E-state index contributed by atoms with van der Waals surface area (Å²) in [6.45, 7) is 2.70. The smallest absolute Gasteiger partial charge is 0.242 e. The number of anilines is 2. The minimum atomic E-state index is -3.57. The van der Waals surface area contributed by atoms with Gasteiger partial charge >= 0.3 is 0 Å². The van der Waals surface area contributed by atoms with Crippen LogP contribution in [0, 0.1) is 0 Å². The summed E-state index contributed by atoms with van der Waals surface area (Å²) in [5.74, 6) is -0.127. The number of benzene rings is 1. The van der Waals surface area contributed by atoms with E-state index in [1.807, 2.05) is 6.92 Å². The van der Waals surface area contributed by atoms with Crippen LogP contribution in [-0.4, -0.2) is 34.5 Å². The van der Waals surface area contributed by atoms with Gasteiger partial charge in [0.1, 0.15) is 4.90 Å². The van der Waals surface area contributed by atoms with E-state index in [1.165, 1.54) is 19.2 Å². The first-order valence-electron chi connectivity index (χ1n) is 6.24. The molecule has 5 N–H and O–H groups in total. The molecule has 20 heavy (non-hydrogen) atoms. The normalized spacial score (nSPS) is 11.1. The number of hydrogen-bond donors (Lipinski definition) is 4. The molecule has 0 spiro atoms. The first kappa shape index (κ1) is 16.3.